The van der Waals surface area contributed by atoms with Gasteiger partial charge in [-0.2, -0.15) is 11.8 Å². The van der Waals surface area contributed by atoms with Crippen LogP contribution in [0.25, 0.3) is 0 Å². The van der Waals surface area contributed by atoms with Crippen LogP contribution in [0.5, 0.6) is 0 Å². The van der Waals surface area contributed by atoms with Crippen LogP contribution in [0.3, 0.4) is 0 Å². The van der Waals surface area contributed by atoms with Gasteiger partial charge < -0.3 is 5.32 Å². The summed E-state index contributed by atoms with van der Waals surface area (Å²) in [5.74, 6) is 1.24. The van der Waals surface area contributed by atoms with Crippen molar-refractivity contribution in [3.8, 4) is 0 Å². The smallest absolute Gasteiger partial charge is 0.0195 e. The average molecular weight is 292 g/mol. The summed E-state index contributed by atoms with van der Waals surface area (Å²) < 4.78 is 0. The molecule has 1 aromatic carbocycles. The first kappa shape index (κ1) is 15.9. The summed E-state index contributed by atoms with van der Waals surface area (Å²) in [4.78, 5) is 0. The third-order valence-corrected chi connectivity index (χ3v) is 5.79. The monoisotopic (exact) mass is 291 g/mol. The number of nitrogens with one attached hydrogen (secondary N) is 1. The normalized spacial score (nSPS) is 18.1. The predicted molar refractivity (Wildman–Crippen MR) is 91.8 cm³/mol. The maximum atomic E-state index is 3.51. The van der Waals surface area contributed by atoms with Crippen molar-refractivity contribution in [1.29, 1.82) is 0 Å². The summed E-state index contributed by atoms with van der Waals surface area (Å²) in [6, 6.07) is 7.53. The van der Waals surface area contributed by atoms with E-state index in [1.807, 2.05) is 0 Å². The second kappa shape index (κ2) is 8.09. The molecule has 112 valence electrons. The highest BCUT2D eigenvalue weighted by Gasteiger charge is 2.16. The lowest BCUT2D eigenvalue weighted by atomic mass is 10.0. The molecule has 2 heteroatoms. The Labute approximate surface area is 128 Å². The van der Waals surface area contributed by atoms with E-state index in [0.29, 0.717) is 6.04 Å². The highest BCUT2D eigenvalue weighted by molar-refractivity contribution is 7.99. The molecule has 0 spiro atoms. The summed E-state index contributed by atoms with van der Waals surface area (Å²) in [5, 5.41) is 4.42. The van der Waals surface area contributed by atoms with Crippen LogP contribution in [0.1, 0.15) is 48.8 Å². The Morgan fingerprint density at radius 2 is 1.75 bits per heavy atom. The second-order valence-corrected chi connectivity index (χ2v) is 7.61. The Morgan fingerprint density at radius 1 is 1.10 bits per heavy atom. The summed E-state index contributed by atoms with van der Waals surface area (Å²) >= 11 is 2.20. The van der Waals surface area contributed by atoms with Crippen LogP contribution in [0.4, 0.5) is 0 Å². The standard InChI is InChI=1S/C18H29NS/c1-14-9-15(2)11-16(10-14)12-17(19-3)13-20-18-7-5-4-6-8-18/h9-11,17-19H,4-8,12-13H2,1-3H3. The lowest BCUT2D eigenvalue weighted by Crippen LogP contribution is -2.31. The van der Waals surface area contributed by atoms with Gasteiger partial charge in [-0.1, -0.05) is 48.6 Å². The molecule has 1 N–H and O–H groups in total. The van der Waals surface area contributed by atoms with Crippen LogP contribution < -0.4 is 5.32 Å². The van der Waals surface area contributed by atoms with Gasteiger partial charge in [0.05, 0.1) is 0 Å². The highest BCUT2D eigenvalue weighted by Crippen LogP contribution is 2.28. The molecule has 0 aliphatic heterocycles. The van der Waals surface area contributed by atoms with Gasteiger partial charge in [-0.25, -0.2) is 0 Å². The lowest BCUT2D eigenvalue weighted by Gasteiger charge is -2.24. The molecule has 1 saturated carbocycles. The van der Waals surface area contributed by atoms with E-state index in [0.717, 1.165) is 11.7 Å². The van der Waals surface area contributed by atoms with Crippen LogP contribution in [-0.2, 0) is 6.42 Å². The van der Waals surface area contributed by atoms with E-state index in [2.05, 4.69) is 56.2 Å². The number of likely N-dealkylation sites (N-methyl/N-ethyl adjacent to an activating group) is 1. The first-order chi connectivity index (χ1) is 9.67. The molecule has 0 amide bonds. The highest BCUT2D eigenvalue weighted by atomic mass is 32.2. The van der Waals surface area contributed by atoms with Crippen molar-refractivity contribution in [2.24, 2.45) is 0 Å². The molecule has 0 bridgehead atoms. The maximum absolute atomic E-state index is 3.51. The Hall–Kier alpha value is -0.470. The van der Waals surface area contributed by atoms with E-state index in [9.17, 15) is 0 Å². The Bertz CT molecular complexity index is 390. The molecular weight excluding hydrogens is 262 g/mol. The molecule has 0 radical (unpaired) electrons. The van der Waals surface area contributed by atoms with Gasteiger partial charge in [-0.05, 0) is 45.7 Å². The van der Waals surface area contributed by atoms with Crippen LogP contribution in [0.15, 0.2) is 18.2 Å². The zero-order chi connectivity index (χ0) is 14.4. The van der Waals surface area contributed by atoms with Gasteiger partial charge >= 0.3 is 0 Å². The fraction of sp³-hybridized carbons (Fsp3) is 0.667. The fourth-order valence-electron chi connectivity index (χ4n) is 3.20. The number of hydrogen-bond donors (Lipinski definition) is 1. The van der Waals surface area contributed by atoms with Gasteiger partial charge in [0.15, 0.2) is 0 Å². The lowest BCUT2D eigenvalue weighted by molar-refractivity contribution is 0.514. The molecule has 1 atom stereocenters. The molecule has 1 aliphatic rings. The van der Waals surface area contributed by atoms with Crippen molar-refractivity contribution < 1.29 is 0 Å². The van der Waals surface area contributed by atoms with Crippen molar-refractivity contribution in [2.45, 2.75) is 63.7 Å². The third kappa shape index (κ3) is 5.14. The molecule has 1 aliphatic carbocycles. The zero-order valence-corrected chi connectivity index (χ0v) is 14.1. The minimum Gasteiger partial charge on any atom is -0.316 e. The average Bonchev–Trinajstić information content (AvgIpc) is 2.43. The fourth-order valence-corrected chi connectivity index (χ4v) is 4.66. The molecule has 20 heavy (non-hydrogen) atoms. The number of hydrogen-bond acceptors (Lipinski definition) is 2. The third-order valence-electron chi connectivity index (χ3n) is 4.26. The first-order valence-corrected chi connectivity index (χ1v) is 9.08. The van der Waals surface area contributed by atoms with E-state index < -0.39 is 0 Å². The molecule has 1 unspecified atom stereocenters. The number of aryl methyl sites for hydroxylation is 2. The van der Waals surface area contributed by atoms with Gasteiger partial charge in [-0.3, -0.25) is 0 Å². The van der Waals surface area contributed by atoms with Gasteiger partial charge in [0.1, 0.15) is 0 Å². The van der Waals surface area contributed by atoms with Gasteiger partial charge in [-0.15, -0.1) is 0 Å². The van der Waals surface area contributed by atoms with Crippen LogP contribution in [0.2, 0.25) is 0 Å². The van der Waals surface area contributed by atoms with Gasteiger partial charge in [0.25, 0.3) is 0 Å². The van der Waals surface area contributed by atoms with Crippen LogP contribution in [-0.4, -0.2) is 24.1 Å². The molecule has 0 aromatic heterocycles. The number of thioether (sulfide) groups is 1. The van der Waals surface area contributed by atoms with Gasteiger partial charge in [0, 0.05) is 17.0 Å². The number of rotatable bonds is 6. The molecule has 1 nitrogen and oxygen atoms in total. The van der Waals surface area contributed by atoms with E-state index in [1.165, 1.54) is 54.5 Å². The second-order valence-electron chi connectivity index (χ2n) is 6.28. The van der Waals surface area contributed by atoms with Crippen molar-refractivity contribution in [1.82, 2.24) is 5.32 Å². The number of benzene rings is 1. The molecule has 0 heterocycles. The zero-order valence-electron chi connectivity index (χ0n) is 13.2. The molecule has 0 saturated heterocycles. The summed E-state index contributed by atoms with van der Waals surface area (Å²) in [6.07, 6.45) is 8.36. The van der Waals surface area contributed by atoms with E-state index in [1.54, 1.807) is 0 Å². The Morgan fingerprint density at radius 3 is 2.35 bits per heavy atom. The molecular formula is C18H29NS. The summed E-state index contributed by atoms with van der Waals surface area (Å²) in [7, 11) is 2.11. The Balaban J connectivity index is 1.84. The quantitative estimate of drug-likeness (QED) is 0.828. The Kier molecular flexibility index (Phi) is 6.44. The minimum atomic E-state index is 0.600. The van der Waals surface area contributed by atoms with E-state index in [4.69, 9.17) is 0 Å². The van der Waals surface area contributed by atoms with Crippen molar-refractivity contribution in [3.63, 3.8) is 0 Å². The maximum Gasteiger partial charge on any atom is 0.0195 e. The SMILES string of the molecule is CNC(CSC1CCCCC1)Cc1cc(C)cc(C)c1. The largest absolute Gasteiger partial charge is 0.316 e. The van der Waals surface area contributed by atoms with Crippen molar-refractivity contribution in [2.75, 3.05) is 12.8 Å². The van der Waals surface area contributed by atoms with Gasteiger partial charge in [0.2, 0.25) is 0 Å². The summed E-state index contributed by atoms with van der Waals surface area (Å²) in [6.45, 7) is 4.39. The molecule has 1 fully saturated rings. The van der Waals surface area contributed by atoms with E-state index in [-0.39, 0.29) is 0 Å². The topological polar surface area (TPSA) is 12.0 Å². The molecule has 1 aromatic rings. The first-order valence-electron chi connectivity index (χ1n) is 8.03. The van der Waals surface area contributed by atoms with E-state index >= 15 is 0 Å². The van der Waals surface area contributed by atoms with Crippen molar-refractivity contribution >= 4 is 11.8 Å². The minimum absolute atomic E-state index is 0.600. The van der Waals surface area contributed by atoms with Crippen molar-refractivity contribution in [3.05, 3.63) is 34.9 Å². The van der Waals surface area contributed by atoms with Crippen LogP contribution in [0, 0.1) is 13.8 Å². The predicted octanol–water partition coefficient (Wildman–Crippen LogP) is 4.50. The summed E-state index contributed by atoms with van der Waals surface area (Å²) in [5.41, 5.74) is 4.25. The molecule has 2 rings (SSSR count). The van der Waals surface area contributed by atoms with Crippen LogP contribution >= 0.6 is 11.8 Å².